The number of aromatic nitrogens is 4. The van der Waals surface area contributed by atoms with Crippen LogP contribution < -0.4 is 0 Å². The Morgan fingerprint density at radius 1 is 1.50 bits per heavy atom. The minimum Gasteiger partial charge on any atom is -0.463 e. The third-order valence-corrected chi connectivity index (χ3v) is 3.40. The van der Waals surface area contributed by atoms with Gasteiger partial charge in [0.25, 0.3) is 5.82 Å². The standard InChI is InChI=1S/C12H10N4O3S/c1-18-12(17)11-14-7-16(15-11)6-10-13-5-8(19-10)9-3-2-4-20-9/h2-5,7H,6H2,1H3. The predicted molar refractivity (Wildman–Crippen MR) is 70.3 cm³/mol. The van der Waals surface area contributed by atoms with E-state index < -0.39 is 5.97 Å². The van der Waals surface area contributed by atoms with E-state index in [1.54, 1.807) is 17.5 Å². The van der Waals surface area contributed by atoms with Gasteiger partial charge in [-0.1, -0.05) is 6.07 Å². The van der Waals surface area contributed by atoms with Gasteiger partial charge in [0.2, 0.25) is 5.89 Å². The average molecular weight is 290 g/mol. The number of hydrogen-bond acceptors (Lipinski definition) is 7. The van der Waals surface area contributed by atoms with Crippen molar-refractivity contribution in [1.82, 2.24) is 19.7 Å². The minimum atomic E-state index is -0.574. The zero-order valence-corrected chi connectivity index (χ0v) is 11.3. The first-order valence-corrected chi connectivity index (χ1v) is 6.60. The van der Waals surface area contributed by atoms with Gasteiger partial charge in [0.05, 0.1) is 18.2 Å². The molecule has 0 aromatic carbocycles. The average Bonchev–Trinajstić information content (AvgIpc) is 3.19. The van der Waals surface area contributed by atoms with Gasteiger partial charge in [0, 0.05) is 0 Å². The van der Waals surface area contributed by atoms with Crippen molar-refractivity contribution in [3.05, 3.63) is 41.8 Å². The third kappa shape index (κ3) is 2.45. The highest BCUT2D eigenvalue weighted by atomic mass is 32.1. The van der Waals surface area contributed by atoms with Crippen molar-refractivity contribution in [2.24, 2.45) is 0 Å². The van der Waals surface area contributed by atoms with E-state index >= 15 is 0 Å². The van der Waals surface area contributed by atoms with Crippen LogP contribution in [-0.2, 0) is 11.3 Å². The first kappa shape index (κ1) is 12.5. The molecule has 0 amide bonds. The Balaban J connectivity index is 1.75. The van der Waals surface area contributed by atoms with Crippen molar-refractivity contribution in [1.29, 1.82) is 0 Å². The topological polar surface area (TPSA) is 83.0 Å². The summed E-state index contributed by atoms with van der Waals surface area (Å²) in [7, 11) is 1.28. The molecule has 0 spiro atoms. The van der Waals surface area contributed by atoms with Gasteiger partial charge < -0.3 is 9.15 Å². The van der Waals surface area contributed by atoms with Gasteiger partial charge in [-0.05, 0) is 11.4 Å². The summed E-state index contributed by atoms with van der Waals surface area (Å²) >= 11 is 1.58. The highest BCUT2D eigenvalue weighted by Crippen LogP contribution is 2.25. The molecule has 102 valence electrons. The molecule has 3 heterocycles. The van der Waals surface area contributed by atoms with Crippen molar-refractivity contribution in [2.45, 2.75) is 6.54 Å². The third-order valence-electron chi connectivity index (χ3n) is 2.52. The van der Waals surface area contributed by atoms with Crippen molar-refractivity contribution in [2.75, 3.05) is 7.11 Å². The number of thiophene rings is 1. The van der Waals surface area contributed by atoms with E-state index in [4.69, 9.17) is 4.42 Å². The Morgan fingerprint density at radius 2 is 2.40 bits per heavy atom. The molecule has 20 heavy (non-hydrogen) atoms. The minimum absolute atomic E-state index is 0.0116. The summed E-state index contributed by atoms with van der Waals surface area (Å²) in [5, 5.41) is 5.95. The fourth-order valence-corrected chi connectivity index (χ4v) is 2.28. The number of carbonyl (C=O) groups is 1. The Hall–Kier alpha value is -2.48. The predicted octanol–water partition coefficient (Wildman–Crippen LogP) is 1.83. The maximum atomic E-state index is 11.2. The molecule has 0 radical (unpaired) electrons. The molecule has 0 aliphatic rings. The zero-order chi connectivity index (χ0) is 13.9. The molecule has 0 aliphatic carbocycles. The van der Waals surface area contributed by atoms with Crippen LogP contribution in [0.2, 0.25) is 0 Å². The van der Waals surface area contributed by atoms with Gasteiger partial charge in [-0.25, -0.2) is 19.4 Å². The van der Waals surface area contributed by atoms with E-state index in [-0.39, 0.29) is 5.82 Å². The number of oxazole rings is 1. The van der Waals surface area contributed by atoms with Crippen LogP contribution in [0.1, 0.15) is 16.5 Å². The molecule has 0 unspecified atom stereocenters. The molecule has 0 atom stereocenters. The van der Waals surface area contributed by atoms with Gasteiger partial charge in [-0.15, -0.1) is 16.4 Å². The van der Waals surface area contributed by atoms with Crippen LogP contribution in [0.15, 0.2) is 34.5 Å². The molecule has 0 N–H and O–H groups in total. The summed E-state index contributed by atoms with van der Waals surface area (Å²) in [5.41, 5.74) is 0. The maximum Gasteiger partial charge on any atom is 0.377 e. The largest absolute Gasteiger partial charge is 0.463 e. The summed E-state index contributed by atoms with van der Waals surface area (Å²) in [5.74, 6) is 0.644. The molecule has 0 fully saturated rings. The van der Waals surface area contributed by atoms with Gasteiger partial charge in [-0.3, -0.25) is 0 Å². The number of hydrogen-bond donors (Lipinski definition) is 0. The number of rotatable bonds is 4. The Labute approximate surface area is 117 Å². The van der Waals surface area contributed by atoms with Gasteiger partial charge in [0.1, 0.15) is 12.9 Å². The smallest absolute Gasteiger partial charge is 0.377 e. The molecule has 8 heteroatoms. The van der Waals surface area contributed by atoms with Crippen LogP contribution in [0.4, 0.5) is 0 Å². The molecule has 3 aromatic heterocycles. The fourth-order valence-electron chi connectivity index (χ4n) is 1.61. The van der Waals surface area contributed by atoms with Crippen LogP contribution >= 0.6 is 11.3 Å². The molecule has 0 bridgehead atoms. The van der Waals surface area contributed by atoms with Crippen LogP contribution in [0.5, 0.6) is 0 Å². The lowest BCUT2D eigenvalue weighted by Crippen LogP contribution is -2.06. The van der Waals surface area contributed by atoms with Crippen molar-refractivity contribution >= 4 is 17.3 Å². The first-order valence-electron chi connectivity index (χ1n) is 5.72. The number of carbonyl (C=O) groups excluding carboxylic acids is 1. The van der Waals surface area contributed by atoms with E-state index in [1.165, 1.54) is 18.1 Å². The first-order chi connectivity index (χ1) is 9.76. The summed E-state index contributed by atoms with van der Waals surface area (Å²) < 4.78 is 11.6. The second kappa shape index (κ2) is 5.25. The lowest BCUT2D eigenvalue weighted by atomic mass is 10.4. The molecule has 7 nitrogen and oxygen atoms in total. The lowest BCUT2D eigenvalue weighted by molar-refractivity contribution is 0.0586. The monoisotopic (exact) mass is 290 g/mol. The Morgan fingerprint density at radius 3 is 3.15 bits per heavy atom. The van der Waals surface area contributed by atoms with E-state index in [1.807, 2.05) is 17.5 Å². The molecule has 0 saturated carbocycles. The molecular formula is C12H10N4O3S. The molecule has 0 saturated heterocycles. The van der Waals surface area contributed by atoms with Gasteiger partial charge >= 0.3 is 5.97 Å². The van der Waals surface area contributed by atoms with E-state index in [0.717, 1.165) is 4.88 Å². The number of nitrogens with zero attached hydrogens (tertiary/aromatic N) is 4. The van der Waals surface area contributed by atoms with Gasteiger partial charge in [0.15, 0.2) is 5.76 Å². The second-order valence-corrected chi connectivity index (χ2v) is 4.80. The maximum absolute atomic E-state index is 11.2. The van der Waals surface area contributed by atoms with Crippen molar-refractivity contribution in [3.8, 4) is 10.6 Å². The molecular weight excluding hydrogens is 280 g/mol. The van der Waals surface area contributed by atoms with E-state index in [0.29, 0.717) is 18.2 Å². The van der Waals surface area contributed by atoms with Gasteiger partial charge in [-0.2, -0.15) is 0 Å². The van der Waals surface area contributed by atoms with Crippen molar-refractivity contribution < 1.29 is 13.9 Å². The highest BCUT2D eigenvalue weighted by molar-refractivity contribution is 7.13. The fraction of sp³-hybridized carbons (Fsp3) is 0.167. The van der Waals surface area contributed by atoms with Crippen molar-refractivity contribution in [3.63, 3.8) is 0 Å². The van der Waals surface area contributed by atoms with Crippen LogP contribution in [0.25, 0.3) is 10.6 Å². The van der Waals surface area contributed by atoms with E-state index in [9.17, 15) is 4.79 Å². The Bertz CT molecular complexity index is 717. The number of methoxy groups -OCH3 is 1. The summed E-state index contributed by atoms with van der Waals surface area (Å²) in [6, 6.07) is 3.90. The lowest BCUT2D eigenvalue weighted by Gasteiger charge is -1.95. The molecule has 0 aliphatic heterocycles. The quantitative estimate of drug-likeness (QED) is 0.682. The zero-order valence-electron chi connectivity index (χ0n) is 10.5. The summed E-state index contributed by atoms with van der Waals surface area (Å²) in [4.78, 5) is 20.3. The van der Waals surface area contributed by atoms with E-state index in [2.05, 4.69) is 19.8 Å². The molecule has 3 aromatic rings. The summed E-state index contributed by atoms with van der Waals surface area (Å²) in [6.45, 7) is 0.301. The second-order valence-electron chi connectivity index (χ2n) is 3.85. The van der Waals surface area contributed by atoms with Crippen LogP contribution in [-0.4, -0.2) is 32.8 Å². The number of ether oxygens (including phenoxy) is 1. The highest BCUT2D eigenvalue weighted by Gasteiger charge is 2.13. The Kier molecular flexibility index (Phi) is 3.30. The molecule has 3 rings (SSSR count). The SMILES string of the molecule is COC(=O)c1ncn(Cc2ncc(-c3cccs3)o2)n1. The normalized spacial score (nSPS) is 10.7. The number of esters is 1. The summed E-state index contributed by atoms with van der Waals surface area (Å²) in [6.07, 6.45) is 3.10. The van der Waals surface area contributed by atoms with Crippen LogP contribution in [0.3, 0.4) is 0 Å². The van der Waals surface area contributed by atoms with Crippen LogP contribution in [0, 0.1) is 0 Å².